The fraction of sp³-hybridized carbons (Fsp3) is 0.143. The highest BCUT2D eigenvalue weighted by Crippen LogP contribution is 2.42. The third kappa shape index (κ3) is 3.89. The lowest BCUT2D eigenvalue weighted by atomic mass is 9.83. The summed E-state index contributed by atoms with van der Waals surface area (Å²) in [5.41, 5.74) is 5.25. The highest BCUT2D eigenvalue weighted by atomic mass is 35.5. The van der Waals surface area contributed by atoms with Crippen LogP contribution >= 0.6 is 22.9 Å². The average Bonchev–Trinajstić information content (AvgIpc) is 3.22. The van der Waals surface area contributed by atoms with E-state index in [1.54, 1.807) is 16.7 Å². The molecule has 7 nitrogen and oxygen atoms in total. The summed E-state index contributed by atoms with van der Waals surface area (Å²) in [6.07, 6.45) is 3.28. The van der Waals surface area contributed by atoms with Gasteiger partial charge in [0.25, 0.3) is 5.56 Å². The molecule has 6 rings (SSSR count). The monoisotopic (exact) mass is 529 g/mol. The predicted molar refractivity (Wildman–Crippen MR) is 144 cm³/mol. The van der Waals surface area contributed by atoms with E-state index in [-0.39, 0.29) is 23.0 Å². The van der Waals surface area contributed by atoms with Crippen molar-refractivity contribution in [2.24, 2.45) is 4.99 Å². The second-order valence-corrected chi connectivity index (χ2v) is 10.2. The molecule has 9 heteroatoms. The second-order valence-electron chi connectivity index (χ2n) is 8.82. The number of nitrogens with zero attached hydrogens (tertiary/aromatic N) is 3. The lowest BCUT2D eigenvalue weighted by Crippen LogP contribution is -2.38. The zero-order valence-electron chi connectivity index (χ0n) is 19.7. The number of benzene rings is 3. The SMILES string of the molecule is COc1ccc(/C=c2\sc3n(c2=O)[C@H](c2ccccc2Cl)C2=C(N=3)c3ccccc3CC2)cc1[N+](=O)[O-]. The Morgan fingerprint density at radius 2 is 1.92 bits per heavy atom. The first-order valence-electron chi connectivity index (χ1n) is 11.7. The number of allylic oxidation sites excluding steroid dienone is 1. The Hall–Kier alpha value is -4.01. The fourth-order valence-electron chi connectivity index (χ4n) is 5.09. The number of nitro benzene ring substituents is 1. The molecule has 0 N–H and O–H groups in total. The molecular formula is C28H20ClN3O4S. The third-order valence-electron chi connectivity index (χ3n) is 6.77. The first-order valence-corrected chi connectivity index (χ1v) is 12.9. The van der Waals surface area contributed by atoms with Crippen LogP contribution in [0.5, 0.6) is 5.75 Å². The maximum Gasteiger partial charge on any atom is 0.311 e. The van der Waals surface area contributed by atoms with E-state index in [2.05, 4.69) is 12.1 Å². The van der Waals surface area contributed by atoms with Gasteiger partial charge in [-0.15, -0.1) is 0 Å². The minimum absolute atomic E-state index is 0.161. The van der Waals surface area contributed by atoms with Crippen molar-refractivity contribution in [3.63, 3.8) is 0 Å². The molecule has 0 amide bonds. The second kappa shape index (κ2) is 9.14. The molecule has 0 unspecified atom stereocenters. The van der Waals surface area contributed by atoms with Gasteiger partial charge in [-0.05, 0) is 53.3 Å². The number of halogens is 1. The van der Waals surface area contributed by atoms with Crippen LogP contribution in [-0.2, 0) is 6.42 Å². The lowest BCUT2D eigenvalue weighted by molar-refractivity contribution is -0.385. The summed E-state index contributed by atoms with van der Waals surface area (Å²) in [6.45, 7) is 0. The summed E-state index contributed by atoms with van der Waals surface area (Å²) in [6, 6.07) is 20.0. The molecule has 37 heavy (non-hydrogen) atoms. The molecular weight excluding hydrogens is 510 g/mol. The van der Waals surface area contributed by atoms with Gasteiger partial charge in [0.1, 0.15) is 0 Å². The van der Waals surface area contributed by atoms with E-state index in [9.17, 15) is 14.9 Å². The number of fused-ring (bicyclic) bond motifs is 3. The molecule has 0 saturated carbocycles. The van der Waals surface area contributed by atoms with Crippen LogP contribution in [0.4, 0.5) is 5.69 Å². The summed E-state index contributed by atoms with van der Waals surface area (Å²) >= 11 is 7.94. The van der Waals surface area contributed by atoms with Crippen molar-refractivity contribution in [1.82, 2.24) is 4.57 Å². The van der Waals surface area contributed by atoms with Gasteiger partial charge in [-0.2, -0.15) is 0 Å². The Labute approximate surface area is 220 Å². The highest BCUT2D eigenvalue weighted by molar-refractivity contribution is 7.07. The number of aryl methyl sites for hydroxylation is 1. The van der Waals surface area contributed by atoms with Crippen molar-refractivity contribution >= 4 is 40.4 Å². The van der Waals surface area contributed by atoms with Gasteiger partial charge in [0, 0.05) is 16.7 Å². The van der Waals surface area contributed by atoms with Gasteiger partial charge in [-0.3, -0.25) is 19.5 Å². The van der Waals surface area contributed by atoms with Gasteiger partial charge in [0.15, 0.2) is 10.6 Å². The quantitative estimate of drug-likeness (QED) is 0.278. The zero-order chi connectivity index (χ0) is 25.7. The normalized spacial score (nSPS) is 16.5. The van der Waals surface area contributed by atoms with E-state index in [1.165, 1.54) is 36.1 Å². The first-order chi connectivity index (χ1) is 18.0. The summed E-state index contributed by atoms with van der Waals surface area (Å²) in [5, 5.41) is 12.1. The van der Waals surface area contributed by atoms with E-state index in [1.807, 2.05) is 36.4 Å². The van der Waals surface area contributed by atoms with Crippen molar-refractivity contribution in [2.75, 3.05) is 7.11 Å². The number of hydrogen-bond donors (Lipinski definition) is 0. The van der Waals surface area contributed by atoms with Gasteiger partial charge in [0.05, 0.1) is 28.3 Å². The highest BCUT2D eigenvalue weighted by Gasteiger charge is 2.33. The Balaban J connectivity index is 1.60. The van der Waals surface area contributed by atoms with Gasteiger partial charge in [-0.1, -0.05) is 71.5 Å². The maximum atomic E-state index is 13.8. The van der Waals surface area contributed by atoms with Crippen molar-refractivity contribution in [2.45, 2.75) is 18.9 Å². The molecule has 0 saturated heterocycles. The van der Waals surface area contributed by atoms with Crippen LogP contribution in [0.1, 0.15) is 34.7 Å². The molecule has 2 heterocycles. The van der Waals surface area contributed by atoms with Crippen LogP contribution in [0.3, 0.4) is 0 Å². The van der Waals surface area contributed by atoms with Crippen molar-refractivity contribution in [3.8, 4) is 5.75 Å². The molecule has 1 aliphatic heterocycles. The van der Waals surface area contributed by atoms with Crippen LogP contribution < -0.4 is 19.6 Å². The molecule has 1 aromatic heterocycles. The topological polar surface area (TPSA) is 86.7 Å². The van der Waals surface area contributed by atoms with Crippen LogP contribution in [0.25, 0.3) is 11.8 Å². The van der Waals surface area contributed by atoms with Gasteiger partial charge >= 0.3 is 5.69 Å². The average molecular weight is 530 g/mol. The Kier molecular flexibility index (Phi) is 5.78. The molecule has 0 fully saturated rings. The summed E-state index contributed by atoms with van der Waals surface area (Å²) in [4.78, 5) is 30.4. The van der Waals surface area contributed by atoms with Crippen LogP contribution in [0.15, 0.2) is 82.1 Å². The number of ether oxygens (including phenoxy) is 1. The molecule has 0 radical (unpaired) electrons. The predicted octanol–water partition coefficient (Wildman–Crippen LogP) is 4.89. The number of hydrogen-bond acceptors (Lipinski definition) is 6. The van der Waals surface area contributed by atoms with Gasteiger partial charge in [0.2, 0.25) is 0 Å². The summed E-state index contributed by atoms with van der Waals surface area (Å²) < 4.78 is 7.25. The third-order valence-corrected chi connectivity index (χ3v) is 8.10. The molecule has 184 valence electrons. The van der Waals surface area contributed by atoms with Crippen LogP contribution in [-0.4, -0.2) is 16.6 Å². The number of nitro groups is 1. The molecule has 3 aromatic carbocycles. The molecule has 1 aliphatic carbocycles. The van der Waals surface area contributed by atoms with E-state index in [0.29, 0.717) is 19.9 Å². The van der Waals surface area contributed by atoms with Gasteiger partial charge in [-0.25, -0.2) is 4.99 Å². The molecule has 0 spiro atoms. The summed E-state index contributed by atoms with van der Waals surface area (Å²) in [7, 11) is 1.38. The van der Waals surface area contributed by atoms with Crippen LogP contribution in [0.2, 0.25) is 5.02 Å². The maximum absolute atomic E-state index is 13.8. The number of methoxy groups -OCH3 is 1. The van der Waals surface area contributed by atoms with Crippen LogP contribution in [0, 0.1) is 10.1 Å². The van der Waals surface area contributed by atoms with E-state index in [4.69, 9.17) is 21.3 Å². The molecule has 2 aliphatic rings. The standard InChI is InChI=1S/C28H20ClN3O4S/c1-36-23-13-10-16(14-22(23)32(34)35)15-24-27(33)31-26(19-8-4-5-9-21(19)29)20-12-11-17-6-2-3-7-18(17)25(20)30-28(31)37-24/h2-10,13-15,26H,11-12H2,1H3/b24-15-/t26-/m1/s1. The van der Waals surface area contributed by atoms with E-state index in [0.717, 1.165) is 35.2 Å². The van der Waals surface area contributed by atoms with Crippen molar-refractivity contribution < 1.29 is 9.66 Å². The van der Waals surface area contributed by atoms with E-state index < -0.39 is 4.92 Å². The largest absolute Gasteiger partial charge is 0.490 e. The first kappa shape index (κ1) is 23.4. The molecule has 0 bridgehead atoms. The zero-order valence-corrected chi connectivity index (χ0v) is 21.3. The lowest BCUT2D eigenvalue weighted by Gasteiger charge is -2.31. The van der Waals surface area contributed by atoms with Crippen molar-refractivity contribution in [1.29, 1.82) is 0 Å². The minimum atomic E-state index is -0.499. The van der Waals surface area contributed by atoms with E-state index >= 15 is 0 Å². The minimum Gasteiger partial charge on any atom is -0.490 e. The fourth-order valence-corrected chi connectivity index (χ4v) is 6.33. The number of aromatic nitrogens is 1. The Morgan fingerprint density at radius 3 is 2.70 bits per heavy atom. The van der Waals surface area contributed by atoms with Crippen molar-refractivity contribution in [3.05, 3.63) is 129 Å². The number of rotatable bonds is 4. The Bertz CT molecular complexity index is 1800. The Morgan fingerprint density at radius 1 is 1.14 bits per heavy atom. The smallest absolute Gasteiger partial charge is 0.311 e. The molecule has 4 aromatic rings. The number of thiazole rings is 1. The molecule has 1 atom stereocenters. The summed E-state index contributed by atoms with van der Waals surface area (Å²) in [5.74, 6) is 0.161. The van der Waals surface area contributed by atoms with Gasteiger partial charge < -0.3 is 4.74 Å².